The van der Waals surface area contributed by atoms with Gasteiger partial charge < -0.3 is 10.4 Å². The Labute approximate surface area is 72.5 Å². The van der Waals surface area contributed by atoms with Crippen LogP contribution in [0.15, 0.2) is 24.5 Å². The number of likely N-dealkylation sites (N-methyl/N-ethyl adjacent to an activating group) is 1. The van der Waals surface area contributed by atoms with Gasteiger partial charge in [-0.2, -0.15) is 0 Å². The van der Waals surface area contributed by atoms with Gasteiger partial charge >= 0.3 is 0 Å². The molecular formula is C9H14N2O. The first-order valence-electron chi connectivity index (χ1n) is 4.04. The Balaban J connectivity index is 2.66. The molecule has 1 rings (SSSR count). The highest BCUT2D eigenvalue weighted by Crippen LogP contribution is 2.11. The van der Waals surface area contributed by atoms with Gasteiger partial charge in [0, 0.05) is 24.9 Å². The summed E-state index contributed by atoms with van der Waals surface area (Å²) < 4.78 is 0. The Hall–Kier alpha value is -0.930. The van der Waals surface area contributed by atoms with Crippen LogP contribution in [0.1, 0.15) is 11.5 Å². The summed E-state index contributed by atoms with van der Waals surface area (Å²) >= 11 is 0. The molecule has 0 aromatic carbocycles. The van der Waals surface area contributed by atoms with Crippen molar-refractivity contribution in [1.29, 1.82) is 0 Å². The quantitative estimate of drug-likeness (QED) is 0.679. The molecule has 1 aromatic heterocycles. The molecule has 0 bridgehead atoms. The van der Waals surface area contributed by atoms with Gasteiger partial charge in [0.15, 0.2) is 0 Å². The fourth-order valence-electron chi connectivity index (χ4n) is 1.15. The lowest BCUT2D eigenvalue weighted by Gasteiger charge is -2.12. The molecule has 0 radical (unpaired) electrons. The van der Waals surface area contributed by atoms with Crippen LogP contribution in [0, 0.1) is 0 Å². The van der Waals surface area contributed by atoms with Gasteiger partial charge in [-0.3, -0.25) is 4.98 Å². The van der Waals surface area contributed by atoms with Crippen molar-refractivity contribution in [1.82, 2.24) is 10.3 Å². The second-order valence-electron chi connectivity index (χ2n) is 2.72. The van der Waals surface area contributed by atoms with Crippen LogP contribution >= 0.6 is 0 Å². The lowest BCUT2D eigenvalue weighted by Crippen LogP contribution is -2.20. The molecule has 66 valence electrons. The van der Waals surface area contributed by atoms with Crippen LogP contribution in [0.5, 0.6) is 0 Å². The molecule has 2 N–H and O–H groups in total. The van der Waals surface area contributed by atoms with Crippen molar-refractivity contribution in [3.05, 3.63) is 30.1 Å². The Kier molecular flexibility index (Phi) is 3.70. The summed E-state index contributed by atoms with van der Waals surface area (Å²) in [6.07, 6.45) is 3.52. The second-order valence-corrected chi connectivity index (χ2v) is 2.72. The van der Waals surface area contributed by atoms with Crippen LogP contribution in [-0.2, 0) is 0 Å². The summed E-state index contributed by atoms with van der Waals surface area (Å²) in [5.74, 6) is 0.156. The molecule has 1 atom stereocenters. The van der Waals surface area contributed by atoms with Crippen molar-refractivity contribution in [2.45, 2.75) is 5.92 Å². The highest BCUT2D eigenvalue weighted by molar-refractivity contribution is 5.14. The van der Waals surface area contributed by atoms with Crippen LogP contribution in [0.3, 0.4) is 0 Å². The average Bonchev–Trinajstić information content (AvgIpc) is 2.15. The smallest absolute Gasteiger partial charge is 0.0512 e. The first kappa shape index (κ1) is 9.16. The first-order chi connectivity index (χ1) is 5.88. The molecule has 0 aliphatic carbocycles. The Morgan fingerprint density at radius 1 is 1.67 bits per heavy atom. The summed E-state index contributed by atoms with van der Waals surface area (Å²) in [6, 6.07) is 3.86. The molecule has 1 heterocycles. The number of nitrogens with one attached hydrogen (secondary N) is 1. The van der Waals surface area contributed by atoms with E-state index in [1.807, 2.05) is 19.2 Å². The maximum absolute atomic E-state index is 9.04. The van der Waals surface area contributed by atoms with Crippen LogP contribution in [0.4, 0.5) is 0 Å². The molecule has 0 spiro atoms. The number of nitrogens with zero attached hydrogens (tertiary/aromatic N) is 1. The lowest BCUT2D eigenvalue weighted by atomic mass is 10.0. The Morgan fingerprint density at radius 2 is 2.50 bits per heavy atom. The van der Waals surface area contributed by atoms with Crippen LogP contribution in [-0.4, -0.2) is 30.3 Å². The Morgan fingerprint density at radius 3 is 3.00 bits per heavy atom. The number of hydrogen-bond donors (Lipinski definition) is 2. The number of rotatable bonds is 4. The summed E-state index contributed by atoms with van der Waals surface area (Å²) in [4.78, 5) is 4.00. The van der Waals surface area contributed by atoms with Gasteiger partial charge in [-0.1, -0.05) is 6.07 Å². The monoisotopic (exact) mass is 166 g/mol. The normalized spacial score (nSPS) is 12.8. The van der Waals surface area contributed by atoms with E-state index in [1.165, 1.54) is 0 Å². The molecule has 0 saturated heterocycles. The van der Waals surface area contributed by atoms with Crippen LogP contribution in [0.25, 0.3) is 0 Å². The zero-order valence-corrected chi connectivity index (χ0v) is 7.20. The van der Waals surface area contributed by atoms with E-state index in [-0.39, 0.29) is 12.5 Å². The van der Waals surface area contributed by atoms with E-state index >= 15 is 0 Å². The maximum atomic E-state index is 9.04. The van der Waals surface area contributed by atoms with Crippen LogP contribution in [0.2, 0.25) is 0 Å². The predicted octanol–water partition coefficient (Wildman–Crippen LogP) is 0.377. The largest absolute Gasteiger partial charge is 0.396 e. The minimum atomic E-state index is 0.156. The number of hydrogen-bond acceptors (Lipinski definition) is 3. The van der Waals surface area contributed by atoms with Gasteiger partial charge in [-0.25, -0.2) is 0 Å². The fourth-order valence-corrected chi connectivity index (χ4v) is 1.15. The minimum absolute atomic E-state index is 0.156. The SMILES string of the molecule is CNCC(CO)c1cccnc1. The van der Waals surface area contributed by atoms with Gasteiger partial charge in [-0.15, -0.1) is 0 Å². The van der Waals surface area contributed by atoms with Crippen molar-refractivity contribution < 1.29 is 5.11 Å². The Bertz CT molecular complexity index is 213. The summed E-state index contributed by atoms with van der Waals surface area (Å²) in [7, 11) is 1.87. The summed E-state index contributed by atoms with van der Waals surface area (Å²) in [6.45, 7) is 0.939. The molecule has 12 heavy (non-hydrogen) atoms. The zero-order chi connectivity index (χ0) is 8.81. The highest BCUT2D eigenvalue weighted by atomic mass is 16.3. The molecule has 1 unspecified atom stereocenters. The van der Waals surface area contributed by atoms with Gasteiger partial charge in [0.25, 0.3) is 0 Å². The molecular weight excluding hydrogens is 152 g/mol. The van der Waals surface area contributed by atoms with E-state index in [4.69, 9.17) is 5.11 Å². The van der Waals surface area contributed by atoms with E-state index in [0.717, 1.165) is 12.1 Å². The third-order valence-electron chi connectivity index (χ3n) is 1.83. The minimum Gasteiger partial charge on any atom is -0.396 e. The summed E-state index contributed by atoms with van der Waals surface area (Å²) in [5, 5.41) is 12.1. The molecule has 0 saturated carbocycles. The van der Waals surface area contributed by atoms with E-state index in [2.05, 4.69) is 10.3 Å². The van der Waals surface area contributed by atoms with Crippen molar-refractivity contribution in [2.75, 3.05) is 20.2 Å². The van der Waals surface area contributed by atoms with E-state index in [0.29, 0.717) is 0 Å². The maximum Gasteiger partial charge on any atom is 0.0512 e. The van der Waals surface area contributed by atoms with Crippen LogP contribution < -0.4 is 5.32 Å². The molecule has 3 nitrogen and oxygen atoms in total. The van der Waals surface area contributed by atoms with Gasteiger partial charge in [-0.05, 0) is 18.7 Å². The third-order valence-corrected chi connectivity index (χ3v) is 1.83. The molecule has 0 amide bonds. The van der Waals surface area contributed by atoms with E-state index in [9.17, 15) is 0 Å². The average molecular weight is 166 g/mol. The second kappa shape index (κ2) is 4.85. The molecule has 3 heteroatoms. The fraction of sp³-hybridized carbons (Fsp3) is 0.444. The number of aliphatic hydroxyl groups is 1. The zero-order valence-electron chi connectivity index (χ0n) is 7.20. The molecule has 0 aliphatic rings. The predicted molar refractivity (Wildman–Crippen MR) is 48.0 cm³/mol. The van der Waals surface area contributed by atoms with E-state index in [1.54, 1.807) is 12.4 Å². The van der Waals surface area contributed by atoms with Crippen molar-refractivity contribution in [3.8, 4) is 0 Å². The number of aliphatic hydroxyl groups excluding tert-OH is 1. The lowest BCUT2D eigenvalue weighted by molar-refractivity contribution is 0.263. The number of pyridine rings is 1. The molecule has 1 aromatic rings. The molecule has 0 fully saturated rings. The van der Waals surface area contributed by atoms with Gasteiger partial charge in [0.1, 0.15) is 0 Å². The van der Waals surface area contributed by atoms with Crippen molar-refractivity contribution in [3.63, 3.8) is 0 Å². The van der Waals surface area contributed by atoms with Crippen molar-refractivity contribution >= 4 is 0 Å². The standard InChI is InChI=1S/C9H14N2O/c1-10-5-9(7-12)8-3-2-4-11-6-8/h2-4,6,9-10,12H,5,7H2,1H3. The summed E-state index contributed by atoms with van der Waals surface area (Å²) in [5.41, 5.74) is 1.08. The highest BCUT2D eigenvalue weighted by Gasteiger charge is 2.07. The first-order valence-corrected chi connectivity index (χ1v) is 4.04. The third kappa shape index (κ3) is 2.29. The van der Waals surface area contributed by atoms with Crippen molar-refractivity contribution in [2.24, 2.45) is 0 Å². The topological polar surface area (TPSA) is 45.1 Å². The molecule has 0 aliphatic heterocycles. The van der Waals surface area contributed by atoms with E-state index < -0.39 is 0 Å². The van der Waals surface area contributed by atoms with Gasteiger partial charge in [0.05, 0.1) is 6.61 Å². The number of aromatic nitrogens is 1. The van der Waals surface area contributed by atoms with Gasteiger partial charge in [0.2, 0.25) is 0 Å².